The number of hydrogen-bond acceptors (Lipinski definition) is 2. The van der Waals surface area contributed by atoms with Crippen LogP contribution in [-0.4, -0.2) is 38.1 Å². The number of hydrogen-bond donors (Lipinski definition) is 1. The molecule has 2 aliphatic heterocycles. The first kappa shape index (κ1) is 12.3. The van der Waals surface area contributed by atoms with Crippen LogP contribution in [0.2, 0.25) is 0 Å². The molecule has 4 nitrogen and oxygen atoms in total. The maximum Gasteiger partial charge on any atom is 0.321 e. The van der Waals surface area contributed by atoms with Gasteiger partial charge in [-0.2, -0.15) is 0 Å². The van der Waals surface area contributed by atoms with Crippen molar-refractivity contribution in [3.63, 3.8) is 0 Å². The van der Waals surface area contributed by atoms with Gasteiger partial charge in [-0.1, -0.05) is 0 Å². The lowest BCUT2D eigenvalue weighted by Crippen LogP contribution is -2.34. The Morgan fingerprint density at radius 2 is 1.74 bits per heavy atom. The minimum atomic E-state index is -0.0596. The predicted molar refractivity (Wildman–Crippen MR) is 78.0 cm³/mol. The molecule has 102 valence electrons. The lowest BCUT2D eigenvalue weighted by molar-refractivity contribution is 0.230. The first-order chi connectivity index (χ1) is 9.15. The summed E-state index contributed by atoms with van der Waals surface area (Å²) in [6.07, 6.45) is 4.70. The molecule has 2 aliphatic rings. The fraction of sp³-hybridized carbons (Fsp3) is 0.533. The summed E-state index contributed by atoms with van der Waals surface area (Å²) < 4.78 is 0. The number of rotatable bonds is 1. The third kappa shape index (κ3) is 2.27. The second kappa shape index (κ2) is 4.76. The lowest BCUT2D eigenvalue weighted by atomic mass is 9.91. The smallest absolute Gasteiger partial charge is 0.321 e. The molecule has 1 aromatic rings. The molecule has 0 saturated carbocycles. The highest BCUT2D eigenvalue weighted by molar-refractivity contribution is 5.90. The molecule has 1 aromatic carbocycles. The summed E-state index contributed by atoms with van der Waals surface area (Å²) in [5.74, 6) is 0. The molecule has 1 N–H and O–H groups in total. The number of benzene rings is 1. The predicted octanol–water partition coefficient (Wildman–Crippen LogP) is 2.48. The highest BCUT2D eigenvalue weighted by Gasteiger charge is 2.24. The van der Waals surface area contributed by atoms with E-state index in [0.29, 0.717) is 0 Å². The molecule has 0 unspecified atom stereocenters. The van der Waals surface area contributed by atoms with Gasteiger partial charge in [-0.3, -0.25) is 0 Å². The Hall–Kier alpha value is -1.71. The van der Waals surface area contributed by atoms with Crippen LogP contribution in [0.25, 0.3) is 0 Å². The van der Waals surface area contributed by atoms with E-state index in [1.165, 1.54) is 42.7 Å². The summed E-state index contributed by atoms with van der Waals surface area (Å²) >= 11 is 0. The number of anilines is 2. The zero-order valence-corrected chi connectivity index (χ0v) is 11.7. The second-order valence-electron chi connectivity index (χ2n) is 5.66. The van der Waals surface area contributed by atoms with Crippen LogP contribution < -0.4 is 10.2 Å². The maximum absolute atomic E-state index is 11.8. The number of urea groups is 1. The van der Waals surface area contributed by atoms with Crippen molar-refractivity contribution in [3.05, 3.63) is 23.3 Å². The van der Waals surface area contributed by atoms with E-state index < -0.39 is 0 Å². The van der Waals surface area contributed by atoms with E-state index in [0.717, 1.165) is 18.5 Å². The Morgan fingerprint density at radius 3 is 2.26 bits per heavy atom. The molecule has 2 amide bonds. The largest absolute Gasteiger partial charge is 0.371 e. The van der Waals surface area contributed by atoms with Gasteiger partial charge in [0.1, 0.15) is 0 Å². The highest BCUT2D eigenvalue weighted by atomic mass is 16.2. The van der Waals surface area contributed by atoms with Gasteiger partial charge >= 0.3 is 6.03 Å². The summed E-state index contributed by atoms with van der Waals surface area (Å²) in [7, 11) is 3.53. The first-order valence-electron chi connectivity index (χ1n) is 7.04. The molecular weight excluding hydrogens is 238 g/mol. The number of aryl methyl sites for hydroxylation is 2. The number of amides is 2. The quantitative estimate of drug-likeness (QED) is 0.841. The topological polar surface area (TPSA) is 35.6 Å². The van der Waals surface area contributed by atoms with E-state index in [2.05, 4.69) is 22.3 Å². The van der Waals surface area contributed by atoms with Crippen molar-refractivity contribution in [2.45, 2.75) is 25.7 Å². The van der Waals surface area contributed by atoms with Crippen molar-refractivity contribution in [2.24, 2.45) is 0 Å². The summed E-state index contributed by atoms with van der Waals surface area (Å²) in [6, 6.07) is 4.24. The van der Waals surface area contributed by atoms with Gasteiger partial charge in [0, 0.05) is 38.6 Å². The van der Waals surface area contributed by atoms with Gasteiger partial charge in [-0.05, 0) is 48.9 Å². The first-order valence-corrected chi connectivity index (χ1v) is 7.04. The number of carbonyl (C=O) groups is 1. The molecule has 4 heteroatoms. The molecule has 0 aliphatic carbocycles. The van der Waals surface area contributed by atoms with Gasteiger partial charge in [0.05, 0.1) is 0 Å². The van der Waals surface area contributed by atoms with Crippen LogP contribution in [0.5, 0.6) is 0 Å². The van der Waals surface area contributed by atoms with Gasteiger partial charge < -0.3 is 15.1 Å². The average molecular weight is 259 g/mol. The molecular formula is C15H21N3O. The Morgan fingerprint density at radius 1 is 1.16 bits per heavy atom. The number of nitrogens with one attached hydrogen (secondary N) is 1. The van der Waals surface area contributed by atoms with Crippen molar-refractivity contribution >= 4 is 17.4 Å². The van der Waals surface area contributed by atoms with Gasteiger partial charge in [-0.25, -0.2) is 4.79 Å². The van der Waals surface area contributed by atoms with Gasteiger partial charge in [-0.15, -0.1) is 0 Å². The van der Waals surface area contributed by atoms with Crippen molar-refractivity contribution in [1.82, 2.24) is 4.90 Å². The van der Waals surface area contributed by atoms with Crippen LogP contribution in [0.3, 0.4) is 0 Å². The standard InChI is InChI=1S/C15H21N3O/c1-17(2)15(19)16-13-9-11-5-3-7-18-8-4-6-12(10-13)14(11)18/h9-10H,3-8H2,1-2H3,(H,16,19). The summed E-state index contributed by atoms with van der Waals surface area (Å²) in [5.41, 5.74) is 5.19. The van der Waals surface area contributed by atoms with E-state index in [4.69, 9.17) is 0 Å². The highest BCUT2D eigenvalue weighted by Crippen LogP contribution is 2.37. The maximum atomic E-state index is 11.8. The van der Waals surface area contributed by atoms with Crippen LogP contribution in [-0.2, 0) is 12.8 Å². The molecule has 2 heterocycles. The Labute approximate surface area is 114 Å². The summed E-state index contributed by atoms with van der Waals surface area (Å²) in [6.45, 7) is 2.37. The molecule has 0 fully saturated rings. The Bertz CT molecular complexity index is 479. The second-order valence-corrected chi connectivity index (χ2v) is 5.66. The van der Waals surface area contributed by atoms with E-state index in [-0.39, 0.29) is 6.03 Å². The van der Waals surface area contributed by atoms with Crippen LogP contribution >= 0.6 is 0 Å². The van der Waals surface area contributed by atoms with Gasteiger partial charge in [0.2, 0.25) is 0 Å². The van der Waals surface area contributed by atoms with E-state index >= 15 is 0 Å². The lowest BCUT2D eigenvalue weighted by Gasteiger charge is -2.37. The van der Waals surface area contributed by atoms with E-state index in [1.807, 2.05) is 0 Å². The SMILES string of the molecule is CN(C)C(=O)Nc1cc2c3c(c1)CCCN3CCC2. The van der Waals surface area contributed by atoms with Gasteiger partial charge in [0.15, 0.2) is 0 Å². The zero-order chi connectivity index (χ0) is 13.4. The molecule has 0 bridgehead atoms. The van der Waals surface area contributed by atoms with Crippen LogP contribution in [0.15, 0.2) is 12.1 Å². The third-order valence-electron chi connectivity index (χ3n) is 3.99. The van der Waals surface area contributed by atoms with Crippen molar-refractivity contribution < 1.29 is 4.79 Å². The normalized spacial score (nSPS) is 16.8. The number of carbonyl (C=O) groups excluding carboxylic acids is 1. The molecule has 0 saturated heterocycles. The van der Waals surface area contributed by atoms with Crippen LogP contribution in [0, 0.1) is 0 Å². The van der Waals surface area contributed by atoms with Crippen molar-refractivity contribution in [1.29, 1.82) is 0 Å². The average Bonchev–Trinajstić information content (AvgIpc) is 2.39. The zero-order valence-electron chi connectivity index (χ0n) is 11.7. The molecule has 0 aromatic heterocycles. The Balaban J connectivity index is 1.94. The minimum absolute atomic E-state index is 0.0596. The van der Waals surface area contributed by atoms with E-state index in [1.54, 1.807) is 19.0 Å². The molecule has 0 radical (unpaired) electrons. The molecule has 0 atom stereocenters. The van der Waals surface area contributed by atoms with Gasteiger partial charge in [0.25, 0.3) is 0 Å². The third-order valence-corrected chi connectivity index (χ3v) is 3.99. The van der Waals surface area contributed by atoms with Crippen molar-refractivity contribution in [3.8, 4) is 0 Å². The van der Waals surface area contributed by atoms with Crippen LogP contribution in [0.1, 0.15) is 24.0 Å². The molecule has 3 rings (SSSR count). The monoisotopic (exact) mass is 259 g/mol. The summed E-state index contributed by atoms with van der Waals surface area (Å²) in [5, 5.41) is 2.97. The van der Waals surface area contributed by atoms with E-state index in [9.17, 15) is 4.79 Å². The summed E-state index contributed by atoms with van der Waals surface area (Å²) in [4.78, 5) is 15.8. The van der Waals surface area contributed by atoms with Crippen molar-refractivity contribution in [2.75, 3.05) is 37.4 Å². The minimum Gasteiger partial charge on any atom is -0.371 e. The fourth-order valence-electron chi connectivity index (χ4n) is 3.11. The molecule has 19 heavy (non-hydrogen) atoms. The van der Waals surface area contributed by atoms with Crippen LogP contribution in [0.4, 0.5) is 16.2 Å². The fourth-order valence-corrected chi connectivity index (χ4v) is 3.11. The number of nitrogens with zero attached hydrogens (tertiary/aromatic N) is 2. The Kier molecular flexibility index (Phi) is 3.09. The molecule has 0 spiro atoms.